The lowest BCUT2D eigenvalue weighted by atomic mass is 10.0. The first-order valence-corrected chi connectivity index (χ1v) is 12.0. The number of nitrogens with zero attached hydrogens (tertiary/aromatic N) is 3. The fraction of sp³-hybridized carbons (Fsp3) is 0.320. The topological polar surface area (TPSA) is 74.8 Å². The van der Waals surface area contributed by atoms with Crippen molar-refractivity contribution in [2.45, 2.75) is 25.5 Å². The van der Waals surface area contributed by atoms with Crippen LogP contribution in [0.3, 0.4) is 0 Å². The first-order chi connectivity index (χ1) is 16.2. The number of rotatable bonds is 7. The summed E-state index contributed by atoms with van der Waals surface area (Å²) >= 11 is 1.61. The van der Waals surface area contributed by atoms with Crippen molar-refractivity contribution in [2.24, 2.45) is 0 Å². The number of aromatic nitrogens is 1. The Morgan fingerprint density at radius 1 is 0.970 bits per heavy atom. The van der Waals surface area contributed by atoms with Gasteiger partial charge in [0.2, 0.25) is 5.91 Å². The van der Waals surface area contributed by atoms with Gasteiger partial charge in [-0.25, -0.2) is 9.78 Å². The average molecular weight is 465 g/mol. The lowest BCUT2D eigenvalue weighted by molar-refractivity contribution is -0.133. The van der Waals surface area contributed by atoms with Crippen LogP contribution in [0.5, 0.6) is 0 Å². The fourth-order valence-electron chi connectivity index (χ4n) is 3.88. The van der Waals surface area contributed by atoms with Crippen LogP contribution in [0.4, 0.5) is 9.93 Å². The van der Waals surface area contributed by atoms with Crippen molar-refractivity contribution in [2.75, 3.05) is 31.1 Å². The average Bonchev–Trinajstić information content (AvgIpc) is 3.28. The van der Waals surface area contributed by atoms with Crippen LogP contribution >= 0.6 is 11.3 Å². The summed E-state index contributed by atoms with van der Waals surface area (Å²) in [6.45, 7) is 2.96. The van der Waals surface area contributed by atoms with Gasteiger partial charge in [0.15, 0.2) is 5.13 Å². The lowest BCUT2D eigenvalue weighted by Gasteiger charge is -2.27. The molecule has 0 aliphatic carbocycles. The largest absolute Gasteiger partial charge is 0.445 e. The number of carbonyl (C=O) groups is 2. The van der Waals surface area contributed by atoms with Crippen molar-refractivity contribution >= 4 is 28.5 Å². The zero-order valence-electron chi connectivity index (χ0n) is 18.4. The van der Waals surface area contributed by atoms with Gasteiger partial charge in [0.05, 0.1) is 0 Å². The minimum Gasteiger partial charge on any atom is -0.445 e. The summed E-state index contributed by atoms with van der Waals surface area (Å²) < 4.78 is 5.39. The van der Waals surface area contributed by atoms with Gasteiger partial charge in [-0.3, -0.25) is 4.79 Å². The van der Waals surface area contributed by atoms with Gasteiger partial charge >= 0.3 is 6.09 Å². The Balaban J connectivity index is 1.40. The number of alkyl carbamates (subject to hydrolysis) is 1. The van der Waals surface area contributed by atoms with Gasteiger partial charge in [-0.2, -0.15) is 0 Å². The molecule has 0 spiro atoms. The van der Waals surface area contributed by atoms with E-state index in [9.17, 15) is 9.59 Å². The van der Waals surface area contributed by atoms with E-state index in [1.54, 1.807) is 17.5 Å². The van der Waals surface area contributed by atoms with Crippen LogP contribution < -0.4 is 10.2 Å². The molecule has 1 aromatic heterocycles. The highest BCUT2D eigenvalue weighted by molar-refractivity contribution is 7.13. The maximum absolute atomic E-state index is 13.5. The minimum absolute atomic E-state index is 0.0866. The molecule has 1 N–H and O–H groups in total. The van der Waals surface area contributed by atoms with E-state index in [-0.39, 0.29) is 12.5 Å². The summed E-state index contributed by atoms with van der Waals surface area (Å²) in [6, 6.07) is 18.5. The van der Waals surface area contributed by atoms with E-state index in [4.69, 9.17) is 4.74 Å². The van der Waals surface area contributed by atoms with E-state index >= 15 is 0 Å². The highest BCUT2D eigenvalue weighted by Crippen LogP contribution is 2.19. The Morgan fingerprint density at radius 3 is 2.39 bits per heavy atom. The first kappa shape index (κ1) is 22.8. The molecule has 33 heavy (non-hydrogen) atoms. The summed E-state index contributed by atoms with van der Waals surface area (Å²) in [7, 11) is 0. The number of benzene rings is 2. The molecule has 1 fully saturated rings. The molecule has 2 heterocycles. The maximum atomic E-state index is 13.5. The normalized spacial score (nSPS) is 14.9. The number of carbonyl (C=O) groups excluding carboxylic acids is 2. The van der Waals surface area contributed by atoms with E-state index in [0.717, 1.165) is 35.8 Å². The zero-order valence-corrected chi connectivity index (χ0v) is 19.2. The molecule has 172 valence electrons. The molecule has 1 aliphatic rings. The van der Waals surface area contributed by atoms with Crippen molar-refractivity contribution in [3.05, 3.63) is 83.4 Å². The molecule has 2 amide bonds. The second kappa shape index (κ2) is 11.5. The molecular formula is C25H28N4O3S. The fourth-order valence-corrected chi connectivity index (χ4v) is 4.58. The number of thiazole rings is 1. The highest BCUT2D eigenvalue weighted by Gasteiger charge is 2.28. The van der Waals surface area contributed by atoms with Crippen molar-refractivity contribution in [3.8, 4) is 0 Å². The second-order valence-electron chi connectivity index (χ2n) is 7.93. The van der Waals surface area contributed by atoms with E-state index in [2.05, 4.69) is 15.2 Å². The number of hydrogen-bond donors (Lipinski definition) is 1. The third-order valence-electron chi connectivity index (χ3n) is 5.58. The molecule has 0 saturated carbocycles. The SMILES string of the molecule is O=C(N[C@@H](Cc1ccccc1)C(=O)N1CCCN(c2nccs2)CC1)OCc1ccccc1. The van der Waals surface area contributed by atoms with Gasteiger partial charge in [0.25, 0.3) is 0 Å². The first-order valence-electron chi connectivity index (χ1n) is 11.1. The Morgan fingerprint density at radius 2 is 1.70 bits per heavy atom. The number of anilines is 1. The number of amides is 2. The molecule has 1 aliphatic heterocycles. The predicted octanol–water partition coefficient (Wildman–Crippen LogP) is 3.72. The molecule has 4 rings (SSSR count). The molecule has 0 bridgehead atoms. The molecule has 2 aromatic carbocycles. The maximum Gasteiger partial charge on any atom is 0.408 e. The highest BCUT2D eigenvalue weighted by atomic mass is 32.1. The quantitative estimate of drug-likeness (QED) is 0.577. The summed E-state index contributed by atoms with van der Waals surface area (Å²) in [4.78, 5) is 34.5. The standard InChI is InChI=1S/C25H28N4O3S/c30-23(28-13-7-14-29(16-15-28)24-26-12-17-33-24)22(18-20-8-3-1-4-9-20)27-25(31)32-19-21-10-5-2-6-11-21/h1-6,8-12,17,22H,7,13-16,18-19H2,(H,27,31)/t22-/m0/s1. The Labute approximate surface area is 198 Å². The van der Waals surface area contributed by atoms with Crippen molar-refractivity contribution < 1.29 is 14.3 Å². The molecule has 1 saturated heterocycles. The van der Waals surface area contributed by atoms with Gasteiger partial charge < -0.3 is 19.9 Å². The zero-order chi connectivity index (χ0) is 22.9. The molecular weight excluding hydrogens is 436 g/mol. The number of hydrogen-bond acceptors (Lipinski definition) is 6. The van der Waals surface area contributed by atoms with E-state index in [0.29, 0.717) is 19.5 Å². The smallest absolute Gasteiger partial charge is 0.408 e. The van der Waals surface area contributed by atoms with Crippen LogP contribution in [-0.4, -0.2) is 54.1 Å². The molecule has 7 nitrogen and oxygen atoms in total. The van der Waals surface area contributed by atoms with Gasteiger partial charge in [-0.05, 0) is 17.5 Å². The van der Waals surface area contributed by atoms with Crippen LogP contribution in [0.2, 0.25) is 0 Å². The summed E-state index contributed by atoms with van der Waals surface area (Å²) in [5.41, 5.74) is 1.88. The predicted molar refractivity (Wildman–Crippen MR) is 129 cm³/mol. The van der Waals surface area contributed by atoms with Crippen LogP contribution in [0, 0.1) is 0 Å². The van der Waals surface area contributed by atoms with E-state index < -0.39 is 12.1 Å². The summed E-state index contributed by atoms with van der Waals surface area (Å²) in [5, 5.41) is 5.76. The van der Waals surface area contributed by atoms with Crippen LogP contribution in [0.15, 0.2) is 72.2 Å². The molecule has 3 aromatic rings. The van der Waals surface area contributed by atoms with Gasteiger partial charge in [-0.1, -0.05) is 60.7 Å². The van der Waals surface area contributed by atoms with Crippen molar-refractivity contribution in [1.29, 1.82) is 0 Å². The molecule has 8 heteroatoms. The molecule has 0 unspecified atom stereocenters. The van der Waals surface area contributed by atoms with Crippen LogP contribution in [-0.2, 0) is 22.6 Å². The monoisotopic (exact) mass is 464 g/mol. The van der Waals surface area contributed by atoms with Gasteiger partial charge in [-0.15, -0.1) is 11.3 Å². The van der Waals surface area contributed by atoms with Crippen molar-refractivity contribution in [3.63, 3.8) is 0 Å². The van der Waals surface area contributed by atoms with E-state index in [1.165, 1.54) is 0 Å². The Bertz CT molecular complexity index is 1010. The molecule has 0 radical (unpaired) electrons. The summed E-state index contributed by atoms with van der Waals surface area (Å²) in [5.74, 6) is -0.0866. The third-order valence-corrected chi connectivity index (χ3v) is 6.42. The van der Waals surface area contributed by atoms with Gasteiger partial charge in [0, 0.05) is 44.2 Å². The third kappa shape index (κ3) is 6.55. The van der Waals surface area contributed by atoms with Crippen molar-refractivity contribution in [1.82, 2.24) is 15.2 Å². The number of ether oxygens (including phenoxy) is 1. The van der Waals surface area contributed by atoms with Gasteiger partial charge in [0.1, 0.15) is 12.6 Å². The number of nitrogens with one attached hydrogen (secondary N) is 1. The van der Waals surface area contributed by atoms with E-state index in [1.807, 2.05) is 70.9 Å². The Hall–Kier alpha value is -3.39. The van der Waals surface area contributed by atoms with Crippen LogP contribution in [0.25, 0.3) is 0 Å². The minimum atomic E-state index is -0.693. The Kier molecular flexibility index (Phi) is 7.92. The second-order valence-corrected chi connectivity index (χ2v) is 8.80. The lowest BCUT2D eigenvalue weighted by Crippen LogP contribution is -2.50. The van der Waals surface area contributed by atoms with Crippen LogP contribution in [0.1, 0.15) is 17.5 Å². The summed E-state index contributed by atoms with van der Waals surface area (Å²) in [6.07, 6.45) is 2.47. The molecule has 1 atom stereocenters.